The molecule has 1 amide bonds. The van der Waals surface area contributed by atoms with Gasteiger partial charge in [-0.05, 0) is 38.5 Å². The van der Waals surface area contributed by atoms with Crippen LogP contribution in [0.2, 0.25) is 0 Å². The third-order valence-corrected chi connectivity index (χ3v) is 8.80. The van der Waals surface area contributed by atoms with E-state index in [1.54, 1.807) is 20.9 Å². The second-order valence-corrected chi connectivity index (χ2v) is 11.0. The second-order valence-electron chi connectivity index (χ2n) is 10.1. The molecule has 0 saturated carbocycles. The molecule has 2 atom stereocenters. The number of carbonyl (C=O) groups is 1. The van der Waals surface area contributed by atoms with E-state index in [1.165, 1.54) is 70.4 Å². The minimum atomic E-state index is -1.39. The molecular formula is C27H31FN6O6S. The molecule has 4 aromatic rings. The molecule has 218 valence electrons. The number of benzene rings is 1. The summed E-state index contributed by atoms with van der Waals surface area (Å²) >= 11 is 1.17. The number of fused-ring (bicyclic) bond motifs is 1. The number of likely N-dealkylation sites (tertiary alicyclic amines) is 1. The Labute approximate surface area is 238 Å². The zero-order valence-electron chi connectivity index (χ0n) is 23.4. The lowest BCUT2D eigenvalue weighted by Crippen LogP contribution is -2.53. The van der Waals surface area contributed by atoms with Gasteiger partial charge in [0, 0.05) is 31.8 Å². The van der Waals surface area contributed by atoms with Gasteiger partial charge in [-0.2, -0.15) is 10.2 Å². The van der Waals surface area contributed by atoms with Crippen molar-refractivity contribution in [2.24, 2.45) is 0 Å². The van der Waals surface area contributed by atoms with E-state index in [9.17, 15) is 18.8 Å². The highest BCUT2D eigenvalue weighted by atomic mass is 32.1. The van der Waals surface area contributed by atoms with Crippen LogP contribution in [0.3, 0.4) is 0 Å². The molecule has 0 spiro atoms. The van der Waals surface area contributed by atoms with Gasteiger partial charge in [-0.3, -0.25) is 14.2 Å². The lowest BCUT2D eigenvalue weighted by Gasteiger charge is -2.27. The van der Waals surface area contributed by atoms with Crippen LogP contribution in [0.5, 0.6) is 5.75 Å². The van der Waals surface area contributed by atoms with Gasteiger partial charge < -0.3 is 19.1 Å². The molecule has 1 aliphatic heterocycles. The first-order valence-electron chi connectivity index (χ1n) is 13.0. The van der Waals surface area contributed by atoms with Crippen LogP contribution in [0.1, 0.15) is 30.6 Å². The predicted octanol–water partition coefficient (Wildman–Crippen LogP) is 2.24. The quantitative estimate of drug-likeness (QED) is 0.259. The number of hydrogen-bond donors (Lipinski definition) is 0. The van der Waals surface area contributed by atoms with Crippen LogP contribution in [0.4, 0.5) is 4.39 Å². The molecule has 1 fully saturated rings. The molecule has 4 heterocycles. The normalized spacial score (nSPS) is 18.0. The molecule has 0 N–H and O–H groups in total. The predicted molar refractivity (Wildman–Crippen MR) is 149 cm³/mol. The molecule has 12 nitrogen and oxygen atoms in total. The largest absolute Gasteiger partial charge is 0.496 e. The average Bonchev–Trinajstić information content (AvgIpc) is 3.66. The van der Waals surface area contributed by atoms with E-state index in [1.807, 2.05) is 0 Å². The topological polar surface area (TPSA) is 123 Å². The summed E-state index contributed by atoms with van der Waals surface area (Å²) < 4.78 is 33.7. The molecule has 3 aromatic heterocycles. The molecule has 1 aromatic carbocycles. The van der Waals surface area contributed by atoms with Crippen LogP contribution in [0.15, 0.2) is 40.2 Å². The smallest absolute Gasteiger partial charge is 0.333 e. The third kappa shape index (κ3) is 4.85. The molecule has 41 heavy (non-hydrogen) atoms. The van der Waals surface area contributed by atoms with Crippen molar-refractivity contribution < 1.29 is 23.4 Å². The summed E-state index contributed by atoms with van der Waals surface area (Å²) in [6.45, 7) is 4.05. The summed E-state index contributed by atoms with van der Waals surface area (Å²) in [5.74, 6) is -0.464. The fourth-order valence-corrected chi connectivity index (χ4v) is 6.51. The molecule has 0 aliphatic carbocycles. The van der Waals surface area contributed by atoms with E-state index in [2.05, 4.69) is 10.2 Å². The van der Waals surface area contributed by atoms with Gasteiger partial charge in [0.2, 0.25) is 5.91 Å². The van der Waals surface area contributed by atoms with Crippen molar-refractivity contribution in [3.05, 3.63) is 68.4 Å². The van der Waals surface area contributed by atoms with E-state index >= 15 is 0 Å². The molecule has 5 rings (SSSR count). The molecule has 1 saturated heterocycles. The summed E-state index contributed by atoms with van der Waals surface area (Å²) in [5, 5.41) is 9.25. The Kier molecular flexibility index (Phi) is 7.81. The second kappa shape index (κ2) is 11.2. The van der Waals surface area contributed by atoms with Crippen molar-refractivity contribution in [1.82, 2.24) is 29.0 Å². The van der Waals surface area contributed by atoms with E-state index in [4.69, 9.17) is 14.2 Å². The number of thiophene rings is 1. The third-order valence-electron chi connectivity index (χ3n) is 7.52. The molecule has 0 radical (unpaired) electrons. The van der Waals surface area contributed by atoms with Crippen molar-refractivity contribution in [1.29, 1.82) is 0 Å². The van der Waals surface area contributed by atoms with Crippen LogP contribution in [-0.2, 0) is 26.4 Å². The Bertz CT molecular complexity index is 1710. The average molecular weight is 587 g/mol. The fraction of sp³-hybridized carbons (Fsp3) is 0.444. The SMILES string of the molecule is COCCOC(Cn1c(=O)n([C@]2(C)CCN(C)C2=O)c(=O)c2c(C)c(-n3nccn3)sc21)c1cc(F)ccc1OC. The van der Waals surface area contributed by atoms with Gasteiger partial charge in [0.05, 0.1) is 44.6 Å². The first-order chi connectivity index (χ1) is 19.6. The first-order valence-corrected chi connectivity index (χ1v) is 13.8. The zero-order valence-corrected chi connectivity index (χ0v) is 24.2. The van der Waals surface area contributed by atoms with Gasteiger partial charge in [-0.1, -0.05) is 11.3 Å². The van der Waals surface area contributed by atoms with Crippen molar-refractivity contribution >= 4 is 27.5 Å². The van der Waals surface area contributed by atoms with Gasteiger partial charge >= 0.3 is 5.69 Å². The van der Waals surface area contributed by atoms with Gasteiger partial charge in [0.15, 0.2) is 0 Å². The van der Waals surface area contributed by atoms with Gasteiger partial charge in [-0.15, -0.1) is 4.80 Å². The van der Waals surface area contributed by atoms with Crippen LogP contribution >= 0.6 is 11.3 Å². The van der Waals surface area contributed by atoms with Crippen LogP contribution in [0, 0.1) is 12.7 Å². The van der Waals surface area contributed by atoms with Crippen LogP contribution in [0.25, 0.3) is 15.2 Å². The number of nitrogens with zero attached hydrogens (tertiary/aromatic N) is 6. The zero-order chi connectivity index (χ0) is 29.5. The van der Waals surface area contributed by atoms with Crippen molar-refractivity contribution in [3.63, 3.8) is 0 Å². The number of carbonyl (C=O) groups excluding carboxylic acids is 1. The van der Waals surface area contributed by atoms with Gasteiger partial charge in [0.1, 0.15) is 33.0 Å². The van der Waals surface area contributed by atoms with E-state index in [-0.39, 0.29) is 37.5 Å². The highest BCUT2D eigenvalue weighted by Gasteiger charge is 2.46. The van der Waals surface area contributed by atoms with Crippen LogP contribution in [-0.4, -0.2) is 76.0 Å². The minimum absolute atomic E-state index is 0.106. The molecular weight excluding hydrogens is 555 g/mol. The maximum atomic E-state index is 14.5. The Morgan fingerprint density at radius 1 is 1.15 bits per heavy atom. The fourth-order valence-electron chi connectivity index (χ4n) is 5.29. The Balaban J connectivity index is 1.78. The minimum Gasteiger partial charge on any atom is -0.496 e. The van der Waals surface area contributed by atoms with Crippen LogP contribution < -0.4 is 16.0 Å². The number of hydrogen-bond acceptors (Lipinski definition) is 9. The molecule has 1 aliphatic rings. The summed E-state index contributed by atoms with van der Waals surface area (Å²) in [6.07, 6.45) is 2.44. The monoisotopic (exact) mass is 586 g/mol. The number of aromatic nitrogens is 5. The van der Waals surface area contributed by atoms with Gasteiger partial charge in [0.25, 0.3) is 5.56 Å². The lowest BCUT2D eigenvalue weighted by molar-refractivity contribution is -0.133. The summed E-state index contributed by atoms with van der Waals surface area (Å²) in [6, 6.07) is 4.06. The highest BCUT2D eigenvalue weighted by Crippen LogP contribution is 2.35. The maximum absolute atomic E-state index is 14.5. The summed E-state index contributed by atoms with van der Waals surface area (Å²) in [7, 11) is 4.63. The number of amides is 1. The number of rotatable bonds is 10. The van der Waals surface area contributed by atoms with Gasteiger partial charge in [-0.25, -0.2) is 13.8 Å². The number of likely N-dealkylation sites (N-methyl/N-ethyl adjacent to an activating group) is 1. The number of halogens is 1. The maximum Gasteiger partial charge on any atom is 0.333 e. The van der Waals surface area contributed by atoms with E-state index in [0.717, 1.165) is 4.57 Å². The Hall–Kier alpha value is -3.88. The highest BCUT2D eigenvalue weighted by molar-refractivity contribution is 7.21. The molecule has 0 bridgehead atoms. The molecule has 1 unspecified atom stereocenters. The van der Waals surface area contributed by atoms with Crippen molar-refractivity contribution in [3.8, 4) is 10.8 Å². The lowest BCUT2D eigenvalue weighted by atomic mass is 10.00. The first kappa shape index (κ1) is 28.6. The van der Waals surface area contributed by atoms with E-state index in [0.29, 0.717) is 33.3 Å². The summed E-state index contributed by atoms with van der Waals surface area (Å²) in [5.41, 5.74) is -1.69. The van der Waals surface area contributed by atoms with Crippen molar-refractivity contribution in [2.45, 2.75) is 38.5 Å². The number of ether oxygens (including phenoxy) is 3. The number of methoxy groups -OCH3 is 2. The summed E-state index contributed by atoms with van der Waals surface area (Å²) in [4.78, 5) is 44.9. The molecule has 14 heteroatoms. The standard InChI is InChI=1S/C27H31FN6O6S/c1-16-21-22(35)33(27(2)8-11-31(3)25(27)36)26(37)32(24(21)41-23(16)34-29-9-10-30-34)15-20(40-13-12-38-4)18-14-17(28)6-7-19(18)39-5/h6-7,9-10,14,20H,8,11-13,15H2,1-5H3/t20?,27-/m1/s1. The van der Waals surface area contributed by atoms with E-state index < -0.39 is 28.7 Å². The number of aryl methyl sites for hydroxylation is 1. The Morgan fingerprint density at radius 3 is 2.51 bits per heavy atom. The Morgan fingerprint density at radius 2 is 1.88 bits per heavy atom. The van der Waals surface area contributed by atoms with Crippen molar-refractivity contribution in [2.75, 3.05) is 41.0 Å².